The van der Waals surface area contributed by atoms with Crippen LogP contribution in [0, 0.1) is 6.92 Å². The fraction of sp³-hybridized carbons (Fsp3) is 0.167. The van der Waals surface area contributed by atoms with Gasteiger partial charge in [0.2, 0.25) is 0 Å². The molecule has 19 heavy (non-hydrogen) atoms. The molecule has 1 atom stereocenters. The molecular formula is C12H11N5OS. The van der Waals surface area contributed by atoms with Crippen molar-refractivity contribution in [1.29, 1.82) is 0 Å². The topological polar surface area (TPSA) is 76.7 Å². The predicted octanol–water partition coefficient (Wildman–Crippen LogP) is 1.51. The maximum atomic E-state index is 10.4. The van der Waals surface area contributed by atoms with Crippen LogP contribution in [0.2, 0.25) is 0 Å². The largest absolute Gasteiger partial charge is 0.381 e. The summed E-state index contributed by atoms with van der Waals surface area (Å²) >= 11 is 1.18. The van der Waals surface area contributed by atoms with Crippen molar-refractivity contribution < 1.29 is 5.11 Å². The molecule has 2 heterocycles. The molecule has 0 fully saturated rings. The SMILES string of the molecule is Cc1nnsc1C(O)c1cnnn1-c1ccccc1. The van der Waals surface area contributed by atoms with Crippen LogP contribution in [0.5, 0.6) is 0 Å². The summed E-state index contributed by atoms with van der Waals surface area (Å²) in [6.07, 6.45) is 0.729. The Balaban J connectivity index is 2.04. The highest BCUT2D eigenvalue weighted by atomic mass is 32.1. The lowest BCUT2D eigenvalue weighted by Gasteiger charge is -2.10. The Labute approximate surface area is 113 Å². The summed E-state index contributed by atoms with van der Waals surface area (Å²) < 4.78 is 5.45. The van der Waals surface area contributed by atoms with Crippen molar-refractivity contribution in [2.75, 3.05) is 0 Å². The lowest BCUT2D eigenvalue weighted by atomic mass is 10.2. The van der Waals surface area contributed by atoms with Gasteiger partial charge in [0.15, 0.2) is 0 Å². The molecule has 2 aromatic heterocycles. The van der Waals surface area contributed by atoms with Crippen LogP contribution >= 0.6 is 11.5 Å². The van der Waals surface area contributed by atoms with Crippen molar-refractivity contribution in [2.45, 2.75) is 13.0 Å². The average molecular weight is 273 g/mol. The van der Waals surface area contributed by atoms with E-state index in [1.165, 1.54) is 11.5 Å². The first-order chi connectivity index (χ1) is 9.27. The van der Waals surface area contributed by atoms with Gasteiger partial charge in [-0.1, -0.05) is 27.9 Å². The van der Waals surface area contributed by atoms with E-state index in [2.05, 4.69) is 19.9 Å². The van der Waals surface area contributed by atoms with Gasteiger partial charge in [-0.25, -0.2) is 4.68 Å². The van der Waals surface area contributed by atoms with Gasteiger partial charge in [-0.05, 0) is 30.6 Å². The van der Waals surface area contributed by atoms with Crippen molar-refractivity contribution in [3.63, 3.8) is 0 Å². The van der Waals surface area contributed by atoms with Crippen molar-refractivity contribution in [1.82, 2.24) is 24.6 Å². The first-order valence-corrected chi connectivity index (χ1v) is 6.47. The number of rotatable bonds is 3. The molecule has 1 unspecified atom stereocenters. The van der Waals surface area contributed by atoms with Gasteiger partial charge < -0.3 is 5.11 Å². The molecule has 0 aliphatic heterocycles. The van der Waals surface area contributed by atoms with E-state index in [1.807, 2.05) is 37.3 Å². The molecule has 0 spiro atoms. The molecule has 1 aromatic carbocycles. The normalized spacial score (nSPS) is 12.5. The van der Waals surface area contributed by atoms with Crippen molar-refractivity contribution in [3.8, 4) is 5.69 Å². The van der Waals surface area contributed by atoms with Crippen molar-refractivity contribution in [2.24, 2.45) is 0 Å². The van der Waals surface area contributed by atoms with E-state index in [-0.39, 0.29) is 0 Å². The Morgan fingerprint density at radius 1 is 1.26 bits per heavy atom. The van der Waals surface area contributed by atoms with Crippen LogP contribution in [-0.2, 0) is 0 Å². The quantitative estimate of drug-likeness (QED) is 0.782. The first-order valence-electron chi connectivity index (χ1n) is 5.70. The molecule has 0 saturated heterocycles. The Hall–Kier alpha value is -2.12. The van der Waals surface area contributed by atoms with Gasteiger partial charge in [0.1, 0.15) is 6.10 Å². The molecule has 3 aromatic rings. The Kier molecular flexibility index (Phi) is 3.06. The molecule has 7 heteroatoms. The Morgan fingerprint density at radius 3 is 2.74 bits per heavy atom. The van der Waals surface area contributed by atoms with Crippen LogP contribution < -0.4 is 0 Å². The second kappa shape index (κ2) is 4.87. The summed E-state index contributed by atoms with van der Waals surface area (Å²) in [4.78, 5) is 0.708. The van der Waals surface area contributed by atoms with E-state index in [9.17, 15) is 5.11 Å². The molecule has 0 amide bonds. The van der Waals surface area contributed by atoms with E-state index in [4.69, 9.17) is 0 Å². The van der Waals surface area contributed by atoms with Crippen LogP contribution in [0.25, 0.3) is 5.69 Å². The highest BCUT2D eigenvalue weighted by Gasteiger charge is 2.21. The van der Waals surface area contributed by atoms with Gasteiger partial charge in [0.25, 0.3) is 0 Å². The average Bonchev–Trinajstić information content (AvgIpc) is 3.07. The number of hydrogen-bond donors (Lipinski definition) is 1. The van der Waals surface area contributed by atoms with Crippen molar-refractivity contribution >= 4 is 11.5 Å². The lowest BCUT2D eigenvalue weighted by Crippen LogP contribution is -2.08. The zero-order valence-corrected chi connectivity index (χ0v) is 10.9. The minimum atomic E-state index is -0.824. The second-order valence-electron chi connectivity index (χ2n) is 4.03. The number of para-hydroxylation sites is 1. The number of nitrogens with zero attached hydrogens (tertiary/aromatic N) is 5. The molecule has 0 aliphatic rings. The smallest absolute Gasteiger partial charge is 0.135 e. The number of aryl methyl sites for hydroxylation is 1. The number of benzene rings is 1. The van der Waals surface area contributed by atoms with E-state index in [1.54, 1.807) is 10.9 Å². The van der Waals surface area contributed by atoms with Crippen LogP contribution in [0.1, 0.15) is 22.4 Å². The number of aliphatic hydroxyl groups is 1. The molecular weight excluding hydrogens is 262 g/mol. The van der Waals surface area contributed by atoms with Gasteiger partial charge in [0, 0.05) is 0 Å². The zero-order chi connectivity index (χ0) is 13.2. The summed E-state index contributed by atoms with van der Waals surface area (Å²) in [5, 5.41) is 22.2. The summed E-state index contributed by atoms with van der Waals surface area (Å²) in [6, 6.07) is 9.55. The molecule has 1 N–H and O–H groups in total. The minimum Gasteiger partial charge on any atom is -0.381 e. The maximum Gasteiger partial charge on any atom is 0.135 e. The standard InChI is InChI=1S/C12H11N5OS/c1-8-12(19-16-14-8)11(18)10-7-13-15-17(10)9-5-3-2-4-6-9/h2-7,11,18H,1H3. The molecule has 0 aliphatic carbocycles. The van der Waals surface area contributed by atoms with Gasteiger partial charge in [-0.2, -0.15) is 0 Å². The first kappa shape index (κ1) is 11.9. The monoisotopic (exact) mass is 273 g/mol. The fourth-order valence-corrected chi connectivity index (χ4v) is 2.47. The van der Waals surface area contributed by atoms with Crippen LogP contribution in [0.3, 0.4) is 0 Å². The summed E-state index contributed by atoms with van der Waals surface area (Å²) in [5.41, 5.74) is 2.17. The lowest BCUT2D eigenvalue weighted by molar-refractivity contribution is 0.215. The summed E-state index contributed by atoms with van der Waals surface area (Å²) in [5.74, 6) is 0. The van der Waals surface area contributed by atoms with Crippen LogP contribution in [0.4, 0.5) is 0 Å². The van der Waals surface area contributed by atoms with Crippen LogP contribution in [-0.4, -0.2) is 29.7 Å². The molecule has 3 rings (SSSR count). The third kappa shape index (κ3) is 2.13. The highest BCUT2D eigenvalue weighted by molar-refractivity contribution is 7.05. The highest BCUT2D eigenvalue weighted by Crippen LogP contribution is 2.27. The Bertz CT molecular complexity index is 678. The Morgan fingerprint density at radius 2 is 2.05 bits per heavy atom. The van der Waals surface area contributed by atoms with E-state index >= 15 is 0 Å². The summed E-state index contributed by atoms with van der Waals surface area (Å²) in [7, 11) is 0. The second-order valence-corrected chi connectivity index (χ2v) is 4.82. The number of hydrogen-bond acceptors (Lipinski definition) is 6. The molecule has 6 nitrogen and oxygen atoms in total. The van der Waals surface area contributed by atoms with Crippen LogP contribution in [0.15, 0.2) is 36.5 Å². The molecule has 96 valence electrons. The summed E-state index contributed by atoms with van der Waals surface area (Å²) in [6.45, 7) is 1.82. The molecule has 0 bridgehead atoms. The minimum absolute atomic E-state index is 0.598. The van der Waals surface area contributed by atoms with Gasteiger partial charge in [-0.3, -0.25) is 0 Å². The van der Waals surface area contributed by atoms with E-state index in [0.29, 0.717) is 10.6 Å². The number of aromatic nitrogens is 5. The van der Waals surface area contributed by atoms with Gasteiger partial charge in [0.05, 0.1) is 28.1 Å². The third-order valence-corrected chi connectivity index (χ3v) is 3.67. The molecule has 0 saturated carbocycles. The zero-order valence-electron chi connectivity index (χ0n) is 10.1. The molecule has 0 radical (unpaired) electrons. The van der Waals surface area contributed by atoms with E-state index < -0.39 is 6.10 Å². The fourth-order valence-electron chi connectivity index (χ4n) is 1.82. The van der Waals surface area contributed by atoms with Gasteiger partial charge >= 0.3 is 0 Å². The third-order valence-electron chi connectivity index (χ3n) is 2.79. The number of aliphatic hydroxyl groups excluding tert-OH is 1. The maximum absolute atomic E-state index is 10.4. The van der Waals surface area contributed by atoms with E-state index in [0.717, 1.165) is 11.4 Å². The van der Waals surface area contributed by atoms with Crippen molar-refractivity contribution in [3.05, 3.63) is 52.8 Å². The van der Waals surface area contributed by atoms with Gasteiger partial charge in [-0.15, -0.1) is 10.2 Å². The predicted molar refractivity (Wildman–Crippen MR) is 70.1 cm³/mol.